The average Bonchev–Trinajstić information content (AvgIpc) is 3.21. The summed E-state index contributed by atoms with van der Waals surface area (Å²) in [4.78, 5) is 16.7. The van der Waals surface area contributed by atoms with Gasteiger partial charge in [0.25, 0.3) is 0 Å². The predicted octanol–water partition coefficient (Wildman–Crippen LogP) is 3.29. The Hall–Kier alpha value is -1.72. The van der Waals surface area contributed by atoms with Gasteiger partial charge in [0.1, 0.15) is 5.01 Å². The molecule has 23 heavy (non-hydrogen) atoms. The zero-order chi connectivity index (χ0) is 16.1. The number of amides is 1. The smallest absolute Gasteiger partial charge is 0.226 e. The molecule has 4 nitrogen and oxygen atoms in total. The van der Waals surface area contributed by atoms with Gasteiger partial charge in [-0.05, 0) is 24.7 Å². The number of ether oxygens (including phenoxy) is 1. The zero-order valence-electron chi connectivity index (χ0n) is 13.4. The summed E-state index contributed by atoms with van der Waals surface area (Å²) in [6.45, 7) is 1.52. The summed E-state index contributed by atoms with van der Waals surface area (Å²) in [6.07, 6.45) is 3.76. The molecule has 3 rings (SSSR count). The third-order valence-corrected chi connectivity index (χ3v) is 5.24. The lowest BCUT2D eigenvalue weighted by Crippen LogP contribution is -2.31. The lowest BCUT2D eigenvalue weighted by molar-refractivity contribution is -0.120. The summed E-state index contributed by atoms with van der Waals surface area (Å²) in [6, 6.07) is 10.0. The van der Waals surface area contributed by atoms with Gasteiger partial charge >= 0.3 is 0 Å². The second kappa shape index (κ2) is 7.23. The zero-order valence-corrected chi connectivity index (χ0v) is 14.2. The van der Waals surface area contributed by atoms with E-state index in [9.17, 15) is 4.79 Å². The Morgan fingerprint density at radius 3 is 2.83 bits per heavy atom. The van der Waals surface area contributed by atoms with Crippen LogP contribution in [0.25, 0.3) is 11.3 Å². The SMILES string of the molecule is COCCC1(CNC(=O)Cc2nc(-c3ccccc3)cs2)CC1. The van der Waals surface area contributed by atoms with Crippen molar-refractivity contribution in [1.29, 1.82) is 0 Å². The lowest BCUT2D eigenvalue weighted by Gasteiger charge is -2.15. The molecule has 0 bridgehead atoms. The van der Waals surface area contributed by atoms with Gasteiger partial charge in [0, 0.05) is 31.2 Å². The maximum absolute atomic E-state index is 12.1. The molecule has 1 N–H and O–H groups in total. The molecule has 122 valence electrons. The molecule has 0 unspecified atom stereocenters. The Kier molecular flexibility index (Phi) is 5.08. The molecule has 0 atom stereocenters. The number of nitrogens with zero attached hydrogens (tertiary/aromatic N) is 1. The van der Waals surface area contributed by atoms with E-state index in [1.807, 2.05) is 35.7 Å². The maximum Gasteiger partial charge on any atom is 0.226 e. The van der Waals surface area contributed by atoms with Crippen molar-refractivity contribution in [3.8, 4) is 11.3 Å². The number of carbonyl (C=O) groups is 1. The molecule has 1 aliphatic rings. The number of methoxy groups -OCH3 is 1. The second-order valence-corrected chi connectivity index (χ2v) is 7.13. The number of thiazole rings is 1. The van der Waals surface area contributed by atoms with Crippen molar-refractivity contribution < 1.29 is 9.53 Å². The van der Waals surface area contributed by atoms with Crippen LogP contribution in [0.2, 0.25) is 0 Å². The van der Waals surface area contributed by atoms with Crippen molar-refractivity contribution in [3.63, 3.8) is 0 Å². The molecule has 0 radical (unpaired) electrons. The number of hydrogen-bond acceptors (Lipinski definition) is 4. The highest BCUT2D eigenvalue weighted by Crippen LogP contribution is 2.48. The first-order valence-electron chi connectivity index (χ1n) is 7.96. The maximum atomic E-state index is 12.1. The van der Waals surface area contributed by atoms with E-state index < -0.39 is 0 Å². The van der Waals surface area contributed by atoms with E-state index in [0.717, 1.165) is 35.8 Å². The molecule has 1 aliphatic carbocycles. The van der Waals surface area contributed by atoms with Crippen LogP contribution < -0.4 is 5.32 Å². The number of nitrogens with one attached hydrogen (secondary N) is 1. The summed E-state index contributed by atoms with van der Waals surface area (Å²) in [7, 11) is 1.72. The van der Waals surface area contributed by atoms with Crippen molar-refractivity contribution >= 4 is 17.2 Å². The van der Waals surface area contributed by atoms with Gasteiger partial charge in [-0.25, -0.2) is 4.98 Å². The van der Waals surface area contributed by atoms with Gasteiger partial charge in [-0.3, -0.25) is 4.79 Å². The van der Waals surface area contributed by atoms with Crippen molar-refractivity contribution in [2.75, 3.05) is 20.3 Å². The van der Waals surface area contributed by atoms with E-state index in [4.69, 9.17) is 4.74 Å². The molecule has 1 amide bonds. The van der Waals surface area contributed by atoms with Crippen molar-refractivity contribution in [1.82, 2.24) is 10.3 Å². The van der Waals surface area contributed by atoms with Crippen molar-refractivity contribution in [3.05, 3.63) is 40.7 Å². The number of hydrogen-bond donors (Lipinski definition) is 1. The largest absolute Gasteiger partial charge is 0.385 e. The van der Waals surface area contributed by atoms with E-state index in [1.54, 1.807) is 18.4 Å². The minimum absolute atomic E-state index is 0.0580. The van der Waals surface area contributed by atoms with Crippen molar-refractivity contribution in [2.45, 2.75) is 25.7 Å². The van der Waals surface area contributed by atoms with E-state index >= 15 is 0 Å². The molecule has 5 heteroatoms. The van der Waals surface area contributed by atoms with Crippen LogP contribution in [0.1, 0.15) is 24.3 Å². The van der Waals surface area contributed by atoms with E-state index in [1.165, 1.54) is 12.8 Å². The standard InChI is InChI=1S/C18H22N2O2S/c1-22-10-9-18(7-8-18)13-19-16(21)11-17-20-15(12-23-17)14-5-3-2-4-6-14/h2-6,12H,7-11,13H2,1H3,(H,19,21). The first-order valence-corrected chi connectivity index (χ1v) is 8.84. The Morgan fingerprint density at radius 2 is 2.13 bits per heavy atom. The van der Waals surface area contributed by atoms with Crippen LogP contribution in [-0.2, 0) is 16.0 Å². The fourth-order valence-corrected chi connectivity index (χ4v) is 3.43. The van der Waals surface area contributed by atoms with E-state index in [-0.39, 0.29) is 11.3 Å². The minimum Gasteiger partial charge on any atom is -0.385 e. The highest BCUT2D eigenvalue weighted by Gasteiger charge is 2.42. The fourth-order valence-electron chi connectivity index (χ4n) is 2.63. The Bertz CT molecular complexity index is 650. The molecule has 1 saturated carbocycles. The summed E-state index contributed by atoms with van der Waals surface area (Å²) in [5.74, 6) is 0.0580. The first-order chi connectivity index (χ1) is 11.2. The molecule has 0 aliphatic heterocycles. The Morgan fingerprint density at radius 1 is 1.35 bits per heavy atom. The summed E-state index contributed by atoms with van der Waals surface area (Å²) < 4.78 is 5.14. The van der Waals surface area contributed by atoms with Crippen LogP contribution >= 0.6 is 11.3 Å². The Labute approximate surface area is 140 Å². The van der Waals surface area contributed by atoms with Crippen LogP contribution in [0.5, 0.6) is 0 Å². The van der Waals surface area contributed by atoms with Gasteiger partial charge in [0.05, 0.1) is 12.1 Å². The Balaban J connectivity index is 1.50. The molecule has 1 aromatic carbocycles. The third-order valence-electron chi connectivity index (χ3n) is 4.39. The summed E-state index contributed by atoms with van der Waals surface area (Å²) in [5, 5.41) is 5.94. The normalized spacial score (nSPS) is 15.3. The second-order valence-electron chi connectivity index (χ2n) is 6.19. The number of aromatic nitrogens is 1. The average molecular weight is 330 g/mol. The van der Waals surface area contributed by atoms with Gasteiger partial charge in [-0.2, -0.15) is 0 Å². The van der Waals surface area contributed by atoms with Gasteiger partial charge in [-0.15, -0.1) is 11.3 Å². The molecule has 1 fully saturated rings. The van der Waals surface area contributed by atoms with Gasteiger partial charge in [-0.1, -0.05) is 30.3 Å². The number of rotatable bonds is 8. The highest BCUT2D eigenvalue weighted by molar-refractivity contribution is 7.10. The molecule has 2 aromatic rings. The molecular formula is C18H22N2O2S. The molecule has 0 spiro atoms. The third kappa shape index (κ3) is 4.39. The molecular weight excluding hydrogens is 308 g/mol. The van der Waals surface area contributed by atoms with Crippen LogP contribution in [0.15, 0.2) is 35.7 Å². The van der Waals surface area contributed by atoms with Crippen LogP contribution in [0, 0.1) is 5.41 Å². The quantitative estimate of drug-likeness (QED) is 0.808. The van der Waals surface area contributed by atoms with Gasteiger partial charge < -0.3 is 10.1 Å². The van der Waals surface area contributed by atoms with Crippen LogP contribution in [0.4, 0.5) is 0 Å². The fraction of sp³-hybridized carbons (Fsp3) is 0.444. The van der Waals surface area contributed by atoms with Gasteiger partial charge in [0.2, 0.25) is 5.91 Å². The number of carbonyl (C=O) groups excluding carboxylic acids is 1. The minimum atomic E-state index is 0.0580. The molecule has 0 saturated heterocycles. The molecule has 1 heterocycles. The summed E-state index contributed by atoms with van der Waals surface area (Å²) in [5.41, 5.74) is 2.31. The lowest BCUT2D eigenvalue weighted by atomic mass is 10.0. The van der Waals surface area contributed by atoms with Crippen LogP contribution in [0.3, 0.4) is 0 Å². The van der Waals surface area contributed by atoms with Crippen LogP contribution in [-0.4, -0.2) is 31.2 Å². The van der Waals surface area contributed by atoms with Gasteiger partial charge in [0.15, 0.2) is 0 Å². The molecule has 1 aromatic heterocycles. The first kappa shape index (κ1) is 16.1. The highest BCUT2D eigenvalue weighted by atomic mass is 32.1. The van der Waals surface area contributed by atoms with E-state index in [0.29, 0.717) is 6.42 Å². The van der Waals surface area contributed by atoms with Crippen molar-refractivity contribution in [2.24, 2.45) is 5.41 Å². The van der Waals surface area contributed by atoms with E-state index in [2.05, 4.69) is 10.3 Å². The predicted molar refractivity (Wildman–Crippen MR) is 92.4 cm³/mol. The summed E-state index contributed by atoms with van der Waals surface area (Å²) >= 11 is 1.54. The monoisotopic (exact) mass is 330 g/mol. The number of benzene rings is 1. The topological polar surface area (TPSA) is 51.2 Å².